The van der Waals surface area contributed by atoms with Gasteiger partial charge >= 0.3 is 5.97 Å². The number of phosphoric ester groups is 1. The van der Waals surface area contributed by atoms with Crippen LogP contribution in [0.4, 0.5) is 0 Å². The molecule has 0 radical (unpaired) electrons. The topological polar surface area (TPSA) is 114 Å². The van der Waals surface area contributed by atoms with Gasteiger partial charge in [0.2, 0.25) is 5.91 Å². The number of rotatable bonds is 64. The Labute approximate surface area is 537 Å². The molecule has 0 saturated heterocycles. The first-order valence-electron chi connectivity index (χ1n) is 35.8. The van der Waals surface area contributed by atoms with Crippen LogP contribution in [0, 0.1) is 0 Å². The normalized spacial score (nSPS) is 14.2. The third-order valence-corrected chi connectivity index (χ3v) is 16.3. The van der Waals surface area contributed by atoms with Crippen LogP contribution in [0.3, 0.4) is 0 Å². The molecule has 0 bridgehead atoms. The molecule has 10 heteroatoms. The Hall–Kier alpha value is -3.59. The van der Waals surface area contributed by atoms with Crippen molar-refractivity contribution in [3.63, 3.8) is 0 Å². The number of quaternary nitrogens is 1. The summed E-state index contributed by atoms with van der Waals surface area (Å²) >= 11 is 0. The highest BCUT2D eigenvalue weighted by Gasteiger charge is 2.27. The number of carbonyl (C=O) groups excluding carboxylic acids is 2. The summed E-state index contributed by atoms with van der Waals surface area (Å²) in [5, 5.41) is 3.04. The van der Waals surface area contributed by atoms with Gasteiger partial charge in [-0.2, -0.15) is 0 Å². The first kappa shape index (κ1) is 83.4. The van der Waals surface area contributed by atoms with Crippen molar-refractivity contribution in [2.45, 2.75) is 315 Å². The van der Waals surface area contributed by atoms with E-state index in [1.807, 2.05) is 33.3 Å². The number of unbranched alkanes of at least 4 members (excludes halogenated alkanes) is 30. The maximum atomic E-state index is 13.6. The number of ether oxygens (including phenoxy) is 1. The second kappa shape index (κ2) is 65.4. The Kier molecular flexibility index (Phi) is 62.7. The monoisotopic (exact) mass is 1230 g/mol. The third kappa shape index (κ3) is 66.7. The molecule has 0 rings (SSSR count). The van der Waals surface area contributed by atoms with Crippen molar-refractivity contribution in [1.82, 2.24) is 5.32 Å². The minimum Gasteiger partial charge on any atom is -0.756 e. The van der Waals surface area contributed by atoms with Gasteiger partial charge in [-0.15, -0.1) is 0 Å². The summed E-state index contributed by atoms with van der Waals surface area (Å²) < 4.78 is 30.5. The maximum absolute atomic E-state index is 13.6. The molecule has 3 atom stereocenters. The van der Waals surface area contributed by atoms with Crippen molar-refractivity contribution >= 4 is 19.7 Å². The summed E-state index contributed by atoms with van der Waals surface area (Å²) in [4.78, 5) is 40.2. The van der Waals surface area contributed by atoms with E-state index in [0.717, 1.165) is 135 Å². The van der Waals surface area contributed by atoms with Crippen molar-refractivity contribution in [1.29, 1.82) is 0 Å². The fraction of sp³-hybridized carbons (Fsp3) is 0.714. The van der Waals surface area contributed by atoms with E-state index in [2.05, 4.69) is 135 Å². The molecule has 0 aliphatic rings. The predicted octanol–water partition coefficient (Wildman–Crippen LogP) is 22.4. The molecule has 0 fully saturated rings. The Morgan fingerprint density at radius 1 is 0.414 bits per heavy atom. The van der Waals surface area contributed by atoms with Crippen molar-refractivity contribution < 1.29 is 37.3 Å². The number of allylic oxidation sites excluding steroid dienone is 19. The zero-order valence-corrected chi connectivity index (χ0v) is 58.1. The van der Waals surface area contributed by atoms with Gasteiger partial charge in [-0.25, -0.2) is 0 Å². The first-order valence-corrected chi connectivity index (χ1v) is 37.3. The van der Waals surface area contributed by atoms with Gasteiger partial charge in [0.25, 0.3) is 7.82 Å². The second-order valence-corrected chi connectivity index (χ2v) is 26.4. The lowest BCUT2D eigenvalue weighted by molar-refractivity contribution is -0.870. The quantitative estimate of drug-likeness (QED) is 0.0212. The van der Waals surface area contributed by atoms with Gasteiger partial charge in [0.1, 0.15) is 19.3 Å². The van der Waals surface area contributed by atoms with Crippen LogP contribution < -0.4 is 10.2 Å². The molecule has 0 saturated carbocycles. The standard InChI is InChI=1S/C77H135N2O7P/c1-7-10-13-16-19-22-25-28-30-32-34-36-38-39-41-43-45-47-49-52-55-58-61-64-67-70-77(81)86-75(68-65-62-59-56-53-50-27-24-21-18-15-12-9-3)74(73-85-87(82,83)84-72-71-79(4,5)6)78-76(80)69-66-63-60-57-54-51-48-46-44-42-40-37-35-33-31-29-26-23-20-17-14-11-8-2/h10,13,19-20,22-23,28-31,34-37,39,41-42,44,65,68,74-75H,7-9,11-12,14-18,21,24-27,32-33,38,40,43,45-64,66-67,69-73H2,1-6H3,(H-,78,80,82,83)/b13-10-,22-19-,23-20-,30-28-,31-29-,36-34-,37-35-,41-39-,44-42-,68-65+. The van der Waals surface area contributed by atoms with Crippen LogP contribution in [0.5, 0.6) is 0 Å². The highest BCUT2D eigenvalue weighted by Crippen LogP contribution is 2.38. The molecule has 0 spiro atoms. The smallest absolute Gasteiger partial charge is 0.306 e. The summed E-state index contributed by atoms with van der Waals surface area (Å²) in [5.74, 6) is -0.561. The van der Waals surface area contributed by atoms with Crippen molar-refractivity contribution in [2.75, 3.05) is 40.9 Å². The van der Waals surface area contributed by atoms with Crippen LogP contribution >= 0.6 is 7.82 Å². The number of phosphoric acid groups is 1. The van der Waals surface area contributed by atoms with E-state index >= 15 is 0 Å². The van der Waals surface area contributed by atoms with Crippen LogP contribution in [0.15, 0.2) is 122 Å². The van der Waals surface area contributed by atoms with E-state index in [9.17, 15) is 19.0 Å². The summed E-state index contributed by atoms with van der Waals surface area (Å²) in [7, 11) is 1.16. The largest absolute Gasteiger partial charge is 0.756 e. The average molecular weight is 1230 g/mol. The van der Waals surface area contributed by atoms with Gasteiger partial charge in [-0.3, -0.25) is 14.2 Å². The molecular weight excluding hydrogens is 1100 g/mol. The molecule has 3 unspecified atom stereocenters. The van der Waals surface area contributed by atoms with E-state index in [1.54, 1.807) is 0 Å². The van der Waals surface area contributed by atoms with Crippen LogP contribution in [0.1, 0.15) is 303 Å². The van der Waals surface area contributed by atoms with Gasteiger partial charge in [0.15, 0.2) is 0 Å². The van der Waals surface area contributed by atoms with Gasteiger partial charge in [0.05, 0.1) is 33.8 Å². The summed E-state index contributed by atoms with van der Waals surface area (Å²) in [6, 6.07) is -0.906. The van der Waals surface area contributed by atoms with E-state index in [4.69, 9.17) is 13.8 Å². The number of nitrogens with one attached hydrogen (secondary N) is 1. The number of carbonyl (C=O) groups is 2. The number of amides is 1. The Morgan fingerprint density at radius 3 is 1.13 bits per heavy atom. The van der Waals surface area contributed by atoms with Crippen molar-refractivity contribution in [3.8, 4) is 0 Å². The van der Waals surface area contributed by atoms with E-state index in [-0.39, 0.29) is 24.9 Å². The number of nitrogens with zero attached hydrogens (tertiary/aromatic N) is 1. The van der Waals surface area contributed by atoms with Gasteiger partial charge < -0.3 is 28.5 Å². The third-order valence-electron chi connectivity index (χ3n) is 15.4. The van der Waals surface area contributed by atoms with Crippen LogP contribution in [0.2, 0.25) is 0 Å². The van der Waals surface area contributed by atoms with Crippen LogP contribution in [-0.4, -0.2) is 69.4 Å². The number of esters is 1. The highest BCUT2D eigenvalue weighted by molar-refractivity contribution is 7.45. The fourth-order valence-corrected chi connectivity index (χ4v) is 10.6. The predicted molar refractivity (Wildman–Crippen MR) is 376 cm³/mol. The minimum absolute atomic E-state index is 0.0314. The Bertz CT molecular complexity index is 1900. The molecule has 0 aromatic heterocycles. The Morgan fingerprint density at radius 2 is 0.736 bits per heavy atom. The average Bonchev–Trinajstić information content (AvgIpc) is 3.70. The van der Waals surface area contributed by atoms with Crippen LogP contribution in [0.25, 0.3) is 0 Å². The highest BCUT2D eigenvalue weighted by atomic mass is 31.2. The number of likely N-dealkylation sites (N-methyl/N-ethyl adjacent to an activating group) is 1. The number of hydrogen-bond acceptors (Lipinski definition) is 7. The van der Waals surface area contributed by atoms with Crippen molar-refractivity contribution in [2.24, 2.45) is 0 Å². The zero-order chi connectivity index (χ0) is 63.5. The second-order valence-electron chi connectivity index (χ2n) is 25.0. The fourth-order valence-electron chi connectivity index (χ4n) is 9.89. The van der Waals surface area contributed by atoms with Gasteiger partial charge in [-0.05, 0) is 122 Å². The molecule has 1 amide bonds. The van der Waals surface area contributed by atoms with Crippen LogP contribution in [-0.2, 0) is 27.9 Å². The summed E-state index contributed by atoms with van der Waals surface area (Å²) in [6.07, 6.45) is 91.7. The summed E-state index contributed by atoms with van der Waals surface area (Å²) in [6.45, 7) is 6.70. The zero-order valence-electron chi connectivity index (χ0n) is 57.2. The molecular formula is C77H135N2O7P. The molecule has 87 heavy (non-hydrogen) atoms. The van der Waals surface area contributed by atoms with E-state index < -0.39 is 26.6 Å². The molecule has 1 N–H and O–H groups in total. The van der Waals surface area contributed by atoms with Gasteiger partial charge in [0, 0.05) is 12.8 Å². The lowest BCUT2D eigenvalue weighted by atomic mass is 10.0. The van der Waals surface area contributed by atoms with Gasteiger partial charge in [-0.1, -0.05) is 290 Å². The SMILES string of the molecule is CC/C=C\C/C=C\C/C=C\C/C=C\C/C=C\CCCCCCCCCCCC(=O)OC(/C=C/CCCCCCCCCCCCC)C(COP(=O)([O-])OCC[N+](C)(C)C)NC(=O)CCCCCCCCC/C=C\C/C=C\C/C=C\C/C=C\CCCCC. The first-order chi connectivity index (χ1) is 42.4. The molecule has 0 aromatic carbocycles. The molecule has 500 valence electrons. The lowest BCUT2D eigenvalue weighted by Gasteiger charge is -2.30. The van der Waals surface area contributed by atoms with E-state index in [1.165, 1.54) is 135 Å². The lowest BCUT2D eigenvalue weighted by Crippen LogP contribution is -2.47. The molecule has 0 aliphatic carbocycles. The number of hydrogen-bond donors (Lipinski definition) is 1. The van der Waals surface area contributed by atoms with E-state index in [0.29, 0.717) is 17.4 Å². The summed E-state index contributed by atoms with van der Waals surface area (Å²) in [5.41, 5.74) is 0. The van der Waals surface area contributed by atoms with Crippen molar-refractivity contribution in [3.05, 3.63) is 122 Å². The molecule has 0 aliphatic heterocycles. The molecule has 0 aromatic rings. The molecule has 9 nitrogen and oxygen atoms in total. The Balaban J connectivity index is 5.16. The molecule has 0 heterocycles. The maximum Gasteiger partial charge on any atom is 0.306 e. The minimum atomic E-state index is -4.72.